The number of guanidine groups is 1. The topological polar surface area (TPSA) is 67.6 Å². The fraction of sp³-hybridized carbons (Fsp3) is 0.438. The Morgan fingerprint density at radius 3 is 2.71 bits per heavy atom. The van der Waals surface area contributed by atoms with Crippen molar-refractivity contribution in [3.8, 4) is 5.75 Å². The van der Waals surface area contributed by atoms with E-state index in [-0.39, 0.29) is 24.0 Å². The van der Waals surface area contributed by atoms with E-state index < -0.39 is 0 Å². The molecule has 0 unspecified atom stereocenters. The highest BCUT2D eigenvalue weighted by atomic mass is 127. The van der Waals surface area contributed by atoms with Crippen LogP contribution in [0.5, 0.6) is 5.75 Å². The van der Waals surface area contributed by atoms with E-state index in [0.29, 0.717) is 13.2 Å². The molecule has 0 spiro atoms. The van der Waals surface area contributed by atoms with Gasteiger partial charge >= 0.3 is 0 Å². The SMILES string of the molecule is CCNC(=NCc1nncn1C)N(C)CCOc1ccccc1.I. The predicted molar refractivity (Wildman–Crippen MR) is 106 cm³/mol. The Morgan fingerprint density at radius 2 is 2.08 bits per heavy atom. The molecule has 0 fully saturated rings. The van der Waals surface area contributed by atoms with Gasteiger partial charge in [0.25, 0.3) is 0 Å². The Morgan fingerprint density at radius 1 is 1.33 bits per heavy atom. The van der Waals surface area contributed by atoms with Gasteiger partial charge in [-0.2, -0.15) is 0 Å². The van der Waals surface area contributed by atoms with Crippen LogP contribution in [0.1, 0.15) is 12.7 Å². The summed E-state index contributed by atoms with van der Waals surface area (Å²) < 4.78 is 7.59. The molecule has 0 radical (unpaired) electrons. The van der Waals surface area contributed by atoms with Crippen molar-refractivity contribution in [3.05, 3.63) is 42.5 Å². The van der Waals surface area contributed by atoms with Crippen LogP contribution in [0.25, 0.3) is 0 Å². The van der Waals surface area contributed by atoms with E-state index in [0.717, 1.165) is 30.6 Å². The Labute approximate surface area is 160 Å². The molecule has 132 valence electrons. The van der Waals surface area contributed by atoms with E-state index in [4.69, 9.17) is 4.74 Å². The quantitative estimate of drug-likeness (QED) is 0.402. The monoisotopic (exact) mass is 444 g/mol. The highest BCUT2D eigenvalue weighted by Crippen LogP contribution is 2.07. The van der Waals surface area contributed by atoms with Gasteiger partial charge in [0.15, 0.2) is 11.8 Å². The van der Waals surface area contributed by atoms with E-state index in [9.17, 15) is 0 Å². The fourth-order valence-corrected chi connectivity index (χ4v) is 1.99. The van der Waals surface area contributed by atoms with Crippen molar-refractivity contribution < 1.29 is 4.74 Å². The molecule has 2 aromatic rings. The summed E-state index contributed by atoms with van der Waals surface area (Å²) in [5.74, 6) is 2.53. The van der Waals surface area contributed by atoms with Crippen LogP contribution in [0, 0.1) is 0 Å². The van der Waals surface area contributed by atoms with Gasteiger partial charge < -0.3 is 19.5 Å². The first-order valence-electron chi connectivity index (χ1n) is 7.71. The molecule has 8 heteroatoms. The molecule has 0 aliphatic carbocycles. The summed E-state index contributed by atoms with van der Waals surface area (Å²) in [4.78, 5) is 6.64. The van der Waals surface area contributed by atoms with E-state index >= 15 is 0 Å². The first-order chi connectivity index (χ1) is 11.2. The van der Waals surface area contributed by atoms with Crippen LogP contribution in [-0.4, -0.2) is 52.4 Å². The second kappa shape index (κ2) is 10.8. The zero-order valence-corrected chi connectivity index (χ0v) is 16.7. The third-order valence-electron chi connectivity index (χ3n) is 3.31. The maximum absolute atomic E-state index is 5.72. The van der Waals surface area contributed by atoms with Crippen LogP contribution >= 0.6 is 24.0 Å². The van der Waals surface area contributed by atoms with Gasteiger partial charge in [0.05, 0.1) is 6.54 Å². The average Bonchev–Trinajstić information content (AvgIpc) is 2.97. The Bertz CT molecular complexity index is 616. The zero-order chi connectivity index (χ0) is 16.5. The normalized spacial score (nSPS) is 10.9. The summed E-state index contributed by atoms with van der Waals surface area (Å²) in [5, 5.41) is 11.2. The maximum atomic E-state index is 5.72. The van der Waals surface area contributed by atoms with Gasteiger partial charge in [0, 0.05) is 20.6 Å². The Balaban J connectivity index is 0.00000288. The van der Waals surface area contributed by atoms with Crippen LogP contribution in [0.2, 0.25) is 0 Å². The number of nitrogens with one attached hydrogen (secondary N) is 1. The van der Waals surface area contributed by atoms with Gasteiger partial charge in [0.1, 0.15) is 25.2 Å². The number of nitrogens with zero attached hydrogens (tertiary/aromatic N) is 5. The van der Waals surface area contributed by atoms with Crippen LogP contribution in [0.4, 0.5) is 0 Å². The molecule has 0 aliphatic heterocycles. The van der Waals surface area contributed by atoms with Gasteiger partial charge in [-0.3, -0.25) is 0 Å². The minimum absolute atomic E-state index is 0. The number of benzene rings is 1. The number of aromatic nitrogens is 3. The molecule has 1 aromatic carbocycles. The smallest absolute Gasteiger partial charge is 0.194 e. The number of likely N-dealkylation sites (N-methyl/N-ethyl adjacent to an activating group) is 1. The second-order valence-corrected chi connectivity index (χ2v) is 5.11. The number of rotatable bonds is 7. The number of ether oxygens (including phenoxy) is 1. The lowest BCUT2D eigenvalue weighted by molar-refractivity contribution is 0.281. The maximum Gasteiger partial charge on any atom is 0.194 e. The average molecular weight is 444 g/mol. The molecule has 0 saturated carbocycles. The van der Waals surface area contributed by atoms with Gasteiger partial charge in [-0.05, 0) is 19.1 Å². The van der Waals surface area contributed by atoms with Gasteiger partial charge in [-0.15, -0.1) is 34.2 Å². The number of halogens is 1. The summed E-state index contributed by atoms with van der Waals surface area (Å²) in [6, 6.07) is 9.80. The molecule has 0 atom stereocenters. The molecule has 24 heavy (non-hydrogen) atoms. The van der Waals surface area contributed by atoms with E-state index in [2.05, 4.69) is 20.5 Å². The Kier molecular flexibility index (Phi) is 9.13. The molecule has 1 N–H and O–H groups in total. The van der Waals surface area contributed by atoms with Gasteiger partial charge in [0.2, 0.25) is 0 Å². The third kappa shape index (κ3) is 6.34. The third-order valence-corrected chi connectivity index (χ3v) is 3.31. The first-order valence-corrected chi connectivity index (χ1v) is 7.71. The molecule has 1 aromatic heterocycles. The second-order valence-electron chi connectivity index (χ2n) is 5.11. The largest absolute Gasteiger partial charge is 0.492 e. The molecule has 2 rings (SSSR count). The summed E-state index contributed by atoms with van der Waals surface area (Å²) in [6.07, 6.45) is 1.68. The molecule has 0 saturated heterocycles. The van der Waals surface area contributed by atoms with Crippen molar-refractivity contribution in [2.24, 2.45) is 12.0 Å². The van der Waals surface area contributed by atoms with Crippen molar-refractivity contribution >= 4 is 29.9 Å². The highest BCUT2D eigenvalue weighted by Gasteiger charge is 2.07. The molecule has 0 aliphatic rings. The van der Waals surface area contributed by atoms with Crippen LogP contribution < -0.4 is 10.1 Å². The van der Waals surface area contributed by atoms with Crippen molar-refractivity contribution in [3.63, 3.8) is 0 Å². The lowest BCUT2D eigenvalue weighted by Crippen LogP contribution is -2.40. The number of aliphatic imine (C=N–C) groups is 1. The molecule has 0 bridgehead atoms. The summed E-state index contributed by atoms with van der Waals surface area (Å²) in [5.41, 5.74) is 0. The van der Waals surface area contributed by atoms with Crippen LogP contribution in [0.15, 0.2) is 41.7 Å². The van der Waals surface area contributed by atoms with E-state index in [1.807, 2.05) is 60.8 Å². The number of aryl methyl sites for hydroxylation is 1. The molecule has 0 amide bonds. The highest BCUT2D eigenvalue weighted by molar-refractivity contribution is 14.0. The van der Waals surface area contributed by atoms with Crippen molar-refractivity contribution in [2.75, 3.05) is 26.7 Å². The van der Waals surface area contributed by atoms with E-state index in [1.54, 1.807) is 6.33 Å². The summed E-state index contributed by atoms with van der Waals surface area (Å²) in [6.45, 7) is 4.67. The van der Waals surface area contributed by atoms with Crippen molar-refractivity contribution in [1.29, 1.82) is 0 Å². The minimum Gasteiger partial charge on any atom is -0.492 e. The molecule has 7 nitrogen and oxygen atoms in total. The number of hydrogen-bond acceptors (Lipinski definition) is 4. The zero-order valence-electron chi connectivity index (χ0n) is 14.3. The minimum atomic E-state index is 0. The predicted octanol–water partition coefficient (Wildman–Crippen LogP) is 1.91. The number of para-hydroxylation sites is 1. The van der Waals surface area contributed by atoms with Crippen LogP contribution in [0.3, 0.4) is 0 Å². The first kappa shape index (κ1) is 20.2. The molecule has 1 heterocycles. The van der Waals surface area contributed by atoms with Gasteiger partial charge in [-0.1, -0.05) is 18.2 Å². The lowest BCUT2D eigenvalue weighted by atomic mass is 10.3. The standard InChI is InChI=1S/C16H24N6O.HI/c1-4-17-16(18-12-15-20-19-13-22(15)3)21(2)10-11-23-14-8-6-5-7-9-14;/h5-9,13H,4,10-12H2,1-3H3,(H,17,18);1H. The summed E-state index contributed by atoms with van der Waals surface area (Å²) in [7, 11) is 3.90. The summed E-state index contributed by atoms with van der Waals surface area (Å²) >= 11 is 0. The number of hydrogen-bond donors (Lipinski definition) is 1. The molecular formula is C16H25IN6O. The Hall–Kier alpha value is -1.84. The van der Waals surface area contributed by atoms with Crippen LogP contribution in [-0.2, 0) is 13.6 Å². The van der Waals surface area contributed by atoms with E-state index in [1.165, 1.54) is 0 Å². The molecular weight excluding hydrogens is 419 g/mol. The van der Waals surface area contributed by atoms with Crippen molar-refractivity contribution in [2.45, 2.75) is 13.5 Å². The van der Waals surface area contributed by atoms with Crippen molar-refractivity contribution in [1.82, 2.24) is 25.0 Å². The lowest BCUT2D eigenvalue weighted by Gasteiger charge is -2.22. The fourth-order valence-electron chi connectivity index (χ4n) is 1.99. The van der Waals surface area contributed by atoms with Gasteiger partial charge in [-0.25, -0.2) is 4.99 Å².